The molecule has 0 spiro atoms. The maximum Gasteiger partial charge on any atom is 0.0393 e. The van der Waals surface area contributed by atoms with E-state index in [1.165, 1.54) is 36.9 Å². The first kappa shape index (κ1) is 12.4. The van der Waals surface area contributed by atoms with Gasteiger partial charge in [-0.05, 0) is 37.8 Å². The van der Waals surface area contributed by atoms with E-state index < -0.39 is 0 Å². The van der Waals surface area contributed by atoms with Gasteiger partial charge in [-0.15, -0.1) is 0 Å². The zero-order valence-corrected chi connectivity index (χ0v) is 11.1. The normalized spacial score (nSPS) is 18.3. The van der Waals surface area contributed by atoms with Crippen molar-refractivity contribution in [3.05, 3.63) is 29.8 Å². The molecule has 1 aliphatic rings. The first-order chi connectivity index (χ1) is 8.11. The van der Waals surface area contributed by atoms with Crippen LogP contribution in [0.4, 0.5) is 5.69 Å². The third kappa shape index (κ3) is 3.01. The van der Waals surface area contributed by atoms with Crippen LogP contribution >= 0.6 is 0 Å². The summed E-state index contributed by atoms with van der Waals surface area (Å²) in [7, 11) is 2.17. The van der Waals surface area contributed by atoms with Gasteiger partial charge in [-0.2, -0.15) is 0 Å². The van der Waals surface area contributed by atoms with Crippen LogP contribution in [0, 0.1) is 6.92 Å². The van der Waals surface area contributed by atoms with E-state index in [2.05, 4.69) is 43.1 Å². The molecule has 94 valence electrons. The van der Waals surface area contributed by atoms with Gasteiger partial charge in [0.2, 0.25) is 0 Å². The van der Waals surface area contributed by atoms with E-state index in [1.807, 2.05) is 0 Å². The molecule has 2 heteroatoms. The highest BCUT2D eigenvalue weighted by atomic mass is 15.1. The van der Waals surface area contributed by atoms with E-state index in [4.69, 9.17) is 5.73 Å². The van der Waals surface area contributed by atoms with Crippen LogP contribution in [0.5, 0.6) is 0 Å². The second kappa shape index (κ2) is 5.09. The van der Waals surface area contributed by atoms with Crippen LogP contribution in [-0.4, -0.2) is 19.1 Å². The van der Waals surface area contributed by atoms with Crippen LogP contribution in [0.1, 0.15) is 37.7 Å². The highest BCUT2D eigenvalue weighted by molar-refractivity contribution is 5.52. The Bertz CT molecular complexity index is 367. The average molecular weight is 232 g/mol. The number of nitrogens with zero attached hydrogens (tertiary/aromatic N) is 1. The van der Waals surface area contributed by atoms with E-state index in [-0.39, 0.29) is 5.54 Å². The molecule has 1 fully saturated rings. The van der Waals surface area contributed by atoms with Gasteiger partial charge in [-0.25, -0.2) is 0 Å². The minimum absolute atomic E-state index is 0.108. The number of rotatable bonds is 4. The molecular formula is C15H24N2. The summed E-state index contributed by atoms with van der Waals surface area (Å²) >= 11 is 0. The van der Waals surface area contributed by atoms with Crippen molar-refractivity contribution in [2.45, 2.75) is 44.6 Å². The molecule has 0 unspecified atom stereocenters. The Morgan fingerprint density at radius 1 is 1.24 bits per heavy atom. The number of para-hydroxylation sites is 1. The molecular weight excluding hydrogens is 208 g/mol. The van der Waals surface area contributed by atoms with Crippen molar-refractivity contribution in [3.8, 4) is 0 Å². The van der Waals surface area contributed by atoms with Crippen molar-refractivity contribution in [1.82, 2.24) is 0 Å². The van der Waals surface area contributed by atoms with Gasteiger partial charge in [0.15, 0.2) is 0 Å². The molecule has 0 amide bonds. The van der Waals surface area contributed by atoms with E-state index in [1.54, 1.807) is 0 Å². The molecule has 0 saturated heterocycles. The van der Waals surface area contributed by atoms with E-state index in [0.717, 1.165) is 13.0 Å². The predicted molar refractivity (Wildman–Crippen MR) is 74.5 cm³/mol. The average Bonchev–Trinajstić information content (AvgIpc) is 2.74. The second-order valence-electron chi connectivity index (χ2n) is 5.53. The van der Waals surface area contributed by atoms with Crippen LogP contribution < -0.4 is 10.6 Å². The van der Waals surface area contributed by atoms with Crippen molar-refractivity contribution in [2.75, 3.05) is 18.5 Å². The molecule has 2 nitrogen and oxygen atoms in total. The molecule has 2 N–H and O–H groups in total. The molecule has 1 aromatic carbocycles. The predicted octanol–water partition coefficient (Wildman–Crippen LogP) is 3.09. The first-order valence-corrected chi connectivity index (χ1v) is 6.66. The van der Waals surface area contributed by atoms with Crippen molar-refractivity contribution in [2.24, 2.45) is 5.73 Å². The lowest BCUT2D eigenvalue weighted by Crippen LogP contribution is -2.39. The quantitative estimate of drug-likeness (QED) is 0.864. The van der Waals surface area contributed by atoms with E-state index >= 15 is 0 Å². The van der Waals surface area contributed by atoms with Gasteiger partial charge in [0.05, 0.1) is 0 Å². The maximum absolute atomic E-state index is 6.40. The van der Waals surface area contributed by atoms with Crippen molar-refractivity contribution in [3.63, 3.8) is 0 Å². The van der Waals surface area contributed by atoms with Gasteiger partial charge < -0.3 is 10.6 Å². The molecule has 17 heavy (non-hydrogen) atoms. The van der Waals surface area contributed by atoms with Crippen LogP contribution in [0.2, 0.25) is 0 Å². The van der Waals surface area contributed by atoms with Gasteiger partial charge in [0.1, 0.15) is 0 Å². The van der Waals surface area contributed by atoms with Crippen molar-refractivity contribution in [1.29, 1.82) is 0 Å². The molecule has 0 aromatic heterocycles. The fourth-order valence-electron chi connectivity index (χ4n) is 2.83. The minimum Gasteiger partial charge on any atom is -0.374 e. The minimum atomic E-state index is 0.108. The lowest BCUT2D eigenvalue weighted by molar-refractivity contribution is 0.408. The molecule has 1 aliphatic carbocycles. The zero-order chi connectivity index (χ0) is 12.3. The van der Waals surface area contributed by atoms with Crippen molar-refractivity contribution >= 4 is 5.69 Å². The maximum atomic E-state index is 6.40. The van der Waals surface area contributed by atoms with Crippen LogP contribution in [0.15, 0.2) is 24.3 Å². The number of benzene rings is 1. The largest absolute Gasteiger partial charge is 0.374 e. The molecule has 0 atom stereocenters. The van der Waals surface area contributed by atoms with Crippen LogP contribution in [0.3, 0.4) is 0 Å². The molecule has 0 aliphatic heterocycles. The number of hydrogen-bond donors (Lipinski definition) is 1. The lowest BCUT2D eigenvalue weighted by atomic mass is 9.94. The Balaban J connectivity index is 1.93. The van der Waals surface area contributed by atoms with Gasteiger partial charge in [-0.1, -0.05) is 31.0 Å². The fraction of sp³-hybridized carbons (Fsp3) is 0.600. The molecule has 1 aromatic rings. The lowest BCUT2D eigenvalue weighted by Gasteiger charge is -2.28. The third-order valence-electron chi connectivity index (χ3n) is 4.07. The topological polar surface area (TPSA) is 29.3 Å². The van der Waals surface area contributed by atoms with E-state index in [9.17, 15) is 0 Å². The summed E-state index contributed by atoms with van der Waals surface area (Å²) in [6.45, 7) is 3.22. The molecule has 0 bridgehead atoms. The Labute approximate surface area is 105 Å². The molecule has 2 rings (SSSR count). The monoisotopic (exact) mass is 232 g/mol. The molecule has 1 saturated carbocycles. The fourth-order valence-corrected chi connectivity index (χ4v) is 2.83. The van der Waals surface area contributed by atoms with Crippen LogP contribution in [0.25, 0.3) is 0 Å². The van der Waals surface area contributed by atoms with Gasteiger partial charge >= 0.3 is 0 Å². The number of nitrogens with two attached hydrogens (primary N) is 1. The second-order valence-corrected chi connectivity index (χ2v) is 5.53. The number of hydrogen-bond acceptors (Lipinski definition) is 2. The highest BCUT2D eigenvalue weighted by Crippen LogP contribution is 2.30. The van der Waals surface area contributed by atoms with Crippen LogP contribution in [-0.2, 0) is 0 Å². The number of anilines is 1. The summed E-state index contributed by atoms with van der Waals surface area (Å²) in [4.78, 5) is 2.34. The summed E-state index contributed by atoms with van der Waals surface area (Å²) in [6, 6.07) is 8.55. The summed E-state index contributed by atoms with van der Waals surface area (Å²) in [5, 5.41) is 0. The van der Waals surface area contributed by atoms with Gasteiger partial charge in [-0.3, -0.25) is 0 Å². The molecule has 0 heterocycles. The molecule has 0 radical (unpaired) electrons. The zero-order valence-electron chi connectivity index (χ0n) is 11.1. The van der Waals surface area contributed by atoms with E-state index in [0.29, 0.717) is 0 Å². The summed E-state index contributed by atoms with van der Waals surface area (Å²) in [5.74, 6) is 0. The summed E-state index contributed by atoms with van der Waals surface area (Å²) in [6.07, 6.45) is 6.14. The Morgan fingerprint density at radius 2 is 1.88 bits per heavy atom. The smallest absolute Gasteiger partial charge is 0.0393 e. The van der Waals surface area contributed by atoms with Gasteiger partial charge in [0, 0.05) is 24.8 Å². The SMILES string of the molecule is Cc1ccccc1N(C)CCC1(N)CCCC1. The number of aryl methyl sites for hydroxylation is 1. The summed E-state index contributed by atoms with van der Waals surface area (Å²) < 4.78 is 0. The standard InChI is InChI=1S/C15H24N2/c1-13-7-3-4-8-14(13)17(2)12-11-15(16)9-5-6-10-15/h3-4,7-8H,5-6,9-12,16H2,1-2H3. The first-order valence-electron chi connectivity index (χ1n) is 6.66. The summed E-state index contributed by atoms with van der Waals surface area (Å²) in [5.41, 5.74) is 9.17. The Hall–Kier alpha value is -1.02. The van der Waals surface area contributed by atoms with Gasteiger partial charge in [0.25, 0.3) is 0 Å². The van der Waals surface area contributed by atoms with Crippen molar-refractivity contribution < 1.29 is 0 Å². The third-order valence-corrected chi connectivity index (χ3v) is 4.07. The Kier molecular flexibility index (Phi) is 3.72. The Morgan fingerprint density at radius 3 is 2.53 bits per heavy atom. The highest BCUT2D eigenvalue weighted by Gasteiger charge is 2.29.